The summed E-state index contributed by atoms with van der Waals surface area (Å²) in [6.07, 6.45) is 1.96. The molecule has 0 atom stereocenters. The molecule has 4 heterocycles. The molecule has 0 amide bonds. The number of benzene rings is 2. The minimum atomic E-state index is -0.497. The number of aromatic nitrogens is 5. The lowest BCUT2D eigenvalue weighted by molar-refractivity contribution is 0.0601. The van der Waals surface area contributed by atoms with Gasteiger partial charge in [-0.25, -0.2) is 18.9 Å². The Balaban J connectivity index is 1.15. The number of methoxy groups -OCH3 is 2. The first-order valence-corrected chi connectivity index (χ1v) is 13.6. The van der Waals surface area contributed by atoms with Crippen molar-refractivity contribution in [2.45, 2.75) is 32.8 Å². The van der Waals surface area contributed by atoms with Gasteiger partial charge in [0.25, 0.3) is 0 Å². The molecule has 1 aliphatic heterocycles. The van der Waals surface area contributed by atoms with Crippen LogP contribution in [0.15, 0.2) is 60.8 Å². The summed E-state index contributed by atoms with van der Waals surface area (Å²) in [5.74, 6) is 0.905. The number of fused-ring (bicyclic) bond motifs is 2. The largest absolute Gasteiger partial charge is 0.473 e. The lowest BCUT2D eigenvalue weighted by Crippen LogP contribution is -2.20. The second-order valence-corrected chi connectivity index (χ2v) is 10.1. The summed E-state index contributed by atoms with van der Waals surface area (Å²) in [7, 11) is 3.02. The highest BCUT2D eigenvalue weighted by atomic mass is 19.1. The Morgan fingerprint density at radius 2 is 1.98 bits per heavy atom. The number of carbonyl (C=O) groups excluding carboxylic acids is 1. The van der Waals surface area contributed by atoms with Crippen molar-refractivity contribution < 1.29 is 23.4 Å². The average Bonchev–Trinajstić information content (AvgIpc) is 3.70. The van der Waals surface area contributed by atoms with E-state index < -0.39 is 11.8 Å². The van der Waals surface area contributed by atoms with Gasteiger partial charge < -0.3 is 18.8 Å². The molecular weight excluding hydrogens is 553 g/mol. The van der Waals surface area contributed by atoms with E-state index in [0.717, 1.165) is 28.1 Å². The fraction of sp³-hybridized carbons (Fsp3) is 0.258. The van der Waals surface area contributed by atoms with Crippen molar-refractivity contribution >= 4 is 17.0 Å². The SMILES string of the molecule is COCCn1c(CN2Cc3cn(-c4cccc(OCc5ccc(C#N)cc5F)n4)nc3C2)nc2ccc(C(=O)OC)cc21. The maximum absolute atomic E-state index is 14.2. The number of esters is 1. The quantitative estimate of drug-likeness (QED) is 0.224. The maximum atomic E-state index is 14.2. The van der Waals surface area contributed by atoms with Crippen LogP contribution < -0.4 is 4.74 Å². The van der Waals surface area contributed by atoms with Gasteiger partial charge in [0.05, 0.1) is 54.2 Å². The number of pyridine rings is 1. The topological polar surface area (TPSA) is 120 Å². The molecule has 2 aromatic carbocycles. The number of rotatable bonds is 10. The van der Waals surface area contributed by atoms with Gasteiger partial charge in [-0.1, -0.05) is 12.1 Å². The van der Waals surface area contributed by atoms with E-state index in [2.05, 4.69) is 14.5 Å². The minimum Gasteiger partial charge on any atom is -0.473 e. The van der Waals surface area contributed by atoms with Gasteiger partial charge >= 0.3 is 5.97 Å². The lowest BCUT2D eigenvalue weighted by Gasteiger charge is -2.16. The molecule has 5 aromatic rings. The molecule has 12 heteroatoms. The molecule has 0 aliphatic carbocycles. The van der Waals surface area contributed by atoms with Crippen LogP contribution in [0.25, 0.3) is 16.9 Å². The van der Waals surface area contributed by atoms with E-state index in [1.807, 2.05) is 36.5 Å². The summed E-state index contributed by atoms with van der Waals surface area (Å²) in [5, 5.41) is 13.7. The van der Waals surface area contributed by atoms with E-state index in [0.29, 0.717) is 55.6 Å². The van der Waals surface area contributed by atoms with Crippen LogP contribution in [0.1, 0.15) is 38.6 Å². The number of halogens is 1. The summed E-state index contributed by atoms with van der Waals surface area (Å²) < 4.78 is 34.0. The highest BCUT2D eigenvalue weighted by Gasteiger charge is 2.25. The summed E-state index contributed by atoms with van der Waals surface area (Å²) in [6.45, 7) is 3.00. The van der Waals surface area contributed by atoms with Crippen molar-refractivity contribution in [1.82, 2.24) is 29.2 Å². The Morgan fingerprint density at radius 3 is 2.74 bits per heavy atom. The Hall–Kier alpha value is -5.12. The summed E-state index contributed by atoms with van der Waals surface area (Å²) >= 11 is 0. The fourth-order valence-electron chi connectivity index (χ4n) is 5.12. The van der Waals surface area contributed by atoms with Crippen LogP contribution in [0.3, 0.4) is 0 Å². The van der Waals surface area contributed by atoms with Crippen molar-refractivity contribution in [2.75, 3.05) is 20.8 Å². The van der Waals surface area contributed by atoms with E-state index in [9.17, 15) is 9.18 Å². The Morgan fingerprint density at radius 1 is 1.09 bits per heavy atom. The van der Waals surface area contributed by atoms with Gasteiger partial charge in [-0.15, -0.1) is 0 Å². The van der Waals surface area contributed by atoms with Crippen LogP contribution in [-0.2, 0) is 42.3 Å². The third-order valence-electron chi connectivity index (χ3n) is 7.28. The molecule has 0 unspecified atom stereocenters. The number of hydrogen-bond donors (Lipinski definition) is 0. The van der Waals surface area contributed by atoms with Crippen LogP contribution >= 0.6 is 0 Å². The number of ether oxygens (including phenoxy) is 3. The van der Waals surface area contributed by atoms with Gasteiger partial charge in [0.1, 0.15) is 18.2 Å². The van der Waals surface area contributed by atoms with E-state index in [-0.39, 0.29) is 12.2 Å². The number of carbonyl (C=O) groups is 1. The molecule has 218 valence electrons. The summed E-state index contributed by atoms with van der Waals surface area (Å²) in [4.78, 5) is 23.8. The highest BCUT2D eigenvalue weighted by Crippen LogP contribution is 2.27. The monoisotopic (exact) mass is 581 g/mol. The smallest absolute Gasteiger partial charge is 0.337 e. The molecule has 0 saturated carbocycles. The van der Waals surface area contributed by atoms with Crippen LogP contribution in [0, 0.1) is 17.1 Å². The maximum Gasteiger partial charge on any atom is 0.337 e. The summed E-state index contributed by atoms with van der Waals surface area (Å²) in [6, 6.07) is 16.9. The first-order chi connectivity index (χ1) is 20.9. The molecule has 0 N–H and O–H groups in total. The third-order valence-corrected chi connectivity index (χ3v) is 7.28. The average molecular weight is 582 g/mol. The molecule has 11 nitrogen and oxygen atoms in total. The molecule has 1 aliphatic rings. The lowest BCUT2D eigenvalue weighted by atomic mass is 10.1. The molecule has 0 saturated heterocycles. The predicted molar refractivity (Wildman–Crippen MR) is 153 cm³/mol. The van der Waals surface area contributed by atoms with Crippen molar-refractivity contribution in [3.63, 3.8) is 0 Å². The number of imidazole rings is 1. The van der Waals surface area contributed by atoms with Crippen LogP contribution in [0.4, 0.5) is 4.39 Å². The first-order valence-electron chi connectivity index (χ1n) is 13.6. The van der Waals surface area contributed by atoms with Gasteiger partial charge in [-0.2, -0.15) is 15.3 Å². The van der Waals surface area contributed by atoms with Crippen LogP contribution in [0.5, 0.6) is 5.88 Å². The zero-order chi connectivity index (χ0) is 29.9. The molecule has 0 spiro atoms. The molecule has 43 heavy (non-hydrogen) atoms. The van der Waals surface area contributed by atoms with E-state index >= 15 is 0 Å². The van der Waals surface area contributed by atoms with Crippen LogP contribution in [-0.4, -0.2) is 56.0 Å². The van der Waals surface area contributed by atoms with Gasteiger partial charge in [-0.3, -0.25) is 4.90 Å². The summed E-state index contributed by atoms with van der Waals surface area (Å²) in [5.41, 5.74) is 4.75. The molecule has 3 aromatic heterocycles. The second-order valence-electron chi connectivity index (χ2n) is 10.1. The van der Waals surface area contributed by atoms with Crippen molar-refractivity contribution in [2.24, 2.45) is 0 Å². The minimum absolute atomic E-state index is 0.0162. The normalized spacial score (nSPS) is 12.8. The van der Waals surface area contributed by atoms with E-state index in [1.165, 1.54) is 19.2 Å². The fourth-order valence-corrected chi connectivity index (χ4v) is 5.12. The Bertz CT molecular complexity index is 1840. The van der Waals surface area contributed by atoms with Gasteiger partial charge in [-0.05, 0) is 36.4 Å². The number of nitrogens with zero attached hydrogens (tertiary/aromatic N) is 7. The van der Waals surface area contributed by atoms with Gasteiger partial charge in [0, 0.05) is 50.1 Å². The Kier molecular flexibility index (Phi) is 7.83. The van der Waals surface area contributed by atoms with Crippen molar-refractivity contribution in [3.8, 4) is 17.8 Å². The molecule has 0 bridgehead atoms. The number of nitriles is 1. The van der Waals surface area contributed by atoms with Crippen molar-refractivity contribution in [1.29, 1.82) is 5.26 Å². The first kappa shape index (κ1) is 28.0. The zero-order valence-electron chi connectivity index (χ0n) is 23.7. The molecule has 6 rings (SSSR count). The molecular formula is C31H28FN7O4. The third kappa shape index (κ3) is 5.81. The van der Waals surface area contributed by atoms with E-state index in [1.54, 1.807) is 30.0 Å². The zero-order valence-corrected chi connectivity index (χ0v) is 23.7. The number of hydrogen-bond acceptors (Lipinski definition) is 9. The van der Waals surface area contributed by atoms with Gasteiger partial charge in [0.15, 0.2) is 5.82 Å². The molecule has 0 fully saturated rings. The standard InChI is InChI=1S/C31H28FN7O4/c1-41-11-10-38-27-13-21(31(40)42-2)8-9-25(27)34-29(38)18-37-15-23-16-39(36-26(23)17-37)28-4-3-5-30(35-28)43-19-22-7-6-20(14-33)12-24(22)32/h3-9,12-13,16H,10-11,15,17-19H2,1-2H3. The predicted octanol–water partition coefficient (Wildman–Crippen LogP) is 4.16. The highest BCUT2D eigenvalue weighted by molar-refractivity contribution is 5.93. The van der Waals surface area contributed by atoms with Gasteiger partial charge in [0.2, 0.25) is 5.88 Å². The Labute approximate surface area is 246 Å². The van der Waals surface area contributed by atoms with E-state index in [4.69, 9.17) is 29.6 Å². The second kappa shape index (κ2) is 12.0. The molecule has 0 radical (unpaired) electrons. The van der Waals surface area contributed by atoms with Crippen LogP contribution in [0.2, 0.25) is 0 Å². The van der Waals surface area contributed by atoms with Crippen molar-refractivity contribution in [3.05, 3.63) is 100 Å².